The number of carbonyl (C=O) groups excluding carboxylic acids is 1. The van der Waals surface area contributed by atoms with Crippen LogP contribution in [0.2, 0.25) is 0 Å². The van der Waals surface area contributed by atoms with E-state index < -0.39 is 0 Å². The van der Waals surface area contributed by atoms with Crippen LogP contribution in [-0.2, 0) is 9.53 Å². The zero-order valence-corrected chi connectivity index (χ0v) is 21.0. The number of nitrogens with zero attached hydrogens (tertiary/aromatic N) is 4. The molecular weight excluding hydrogens is 505 g/mol. The van der Waals surface area contributed by atoms with Crippen LogP contribution in [0.15, 0.2) is 41.4 Å². The minimum atomic E-state index is 0. The molecule has 2 saturated heterocycles. The second-order valence-electron chi connectivity index (χ2n) is 8.04. The van der Waals surface area contributed by atoms with Gasteiger partial charge in [-0.1, -0.05) is 42.5 Å². The molecule has 0 spiro atoms. The molecule has 0 bridgehead atoms. The number of piperazine rings is 1. The van der Waals surface area contributed by atoms with Gasteiger partial charge < -0.3 is 19.9 Å². The highest BCUT2D eigenvalue weighted by Gasteiger charge is 2.21. The summed E-state index contributed by atoms with van der Waals surface area (Å²) in [6, 6.07) is 10.4. The number of carbonyl (C=O) groups is 1. The van der Waals surface area contributed by atoms with Crippen molar-refractivity contribution in [3.63, 3.8) is 0 Å². The van der Waals surface area contributed by atoms with Crippen molar-refractivity contribution in [1.29, 1.82) is 0 Å². The van der Waals surface area contributed by atoms with Crippen LogP contribution in [0, 0.1) is 0 Å². The fourth-order valence-corrected chi connectivity index (χ4v) is 3.61. The van der Waals surface area contributed by atoms with Gasteiger partial charge in [0.05, 0.1) is 6.10 Å². The first-order chi connectivity index (χ1) is 14.6. The van der Waals surface area contributed by atoms with Crippen molar-refractivity contribution in [3.8, 4) is 0 Å². The maximum absolute atomic E-state index is 12.0. The smallest absolute Gasteiger partial charge is 0.243 e. The lowest BCUT2D eigenvalue weighted by atomic mass is 10.2. The Bertz CT molecular complexity index is 712. The molecule has 0 aromatic heterocycles. The number of hydrogen-bond acceptors (Lipinski definition) is 4. The van der Waals surface area contributed by atoms with E-state index in [1.165, 1.54) is 5.56 Å². The van der Waals surface area contributed by atoms with E-state index in [2.05, 4.69) is 56.5 Å². The van der Waals surface area contributed by atoms with Crippen molar-refractivity contribution in [1.82, 2.24) is 20.0 Å². The van der Waals surface area contributed by atoms with E-state index in [1.807, 2.05) is 6.07 Å². The van der Waals surface area contributed by atoms with Gasteiger partial charge in [-0.25, -0.2) is 4.99 Å². The number of ether oxygens (including phenoxy) is 1. The highest BCUT2D eigenvalue weighted by atomic mass is 127. The summed E-state index contributed by atoms with van der Waals surface area (Å²) in [7, 11) is 3.53. The molecule has 1 amide bonds. The summed E-state index contributed by atoms with van der Waals surface area (Å²) in [5, 5.41) is 3.45. The maximum Gasteiger partial charge on any atom is 0.243 e. The third-order valence-corrected chi connectivity index (χ3v) is 5.52. The predicted molar refractivity (Wildman–Crippen MR) is 137 cm³/mol. The van der Waals surface area contributed by atoms with Crippen molar-refractivity contribution in [3.05, 3.63) is 42.0 Å². The Morgan fingerprint density at radius 1 is 1.23 bits per heavy atom. The first kappa shape index (κ1) is 25.6. The highest BCUT2D eigenvalue weighted by molar-refractivity contribution is 14.0. The van der Waals surface area contributed by atoms with Crippen LogP contribution in [0.3, 0.4) is 0 Å². The number of guanidine groups is 1. The average Bonchev–Trinajstić information content (AvgIpc) is 3.28. The van der Waals surface area contributed by atoms with Crippen LogP contribution in [0.25, 0.3) is 6.08 Å². The minimum Gasteiger partial charge on any atom is -0.376 e. The Morgan fingerprint density at radius 3 is 2.61 bits per heavy atom. The zero-order valence-electron chi connectivity index (χ0n) is 18.7. The standard InChI is InChI=1S/C23H35N5O2.HI/c1-26(2)22(29)19-25-23(24-18-21-11-7-17-30-21)28-15-13-27(14-16-28)12-6-10-20-8-4-3-5-9-20;/h3-6,8-10,21H,7,11-19H2,1-2H3,(H,24,25);1H/b10-6+;. The molecule has 7 nitrogen and oxygen atoms in total. The molecule has 31 heavy (non-hydrogen) atoms. The molecule has 2 heterocycles. The summed E-state index contributed by atoms with van der Waals surface area (Å²) in [6.07, 6.45) is 6.84. The van der Waals surface area contributed by atoms with E-state index in [9.17, 15) is 4.79 Å². The fourth-order valence-electron chi connectivity index (χ4n) is 3.61. The Hall–Kier alpha value is -1.65. The van der Waals surface area contributed by atoms with Gasteiger partial charge in [-0.05, 0) is 18.4 Å². The normalized spacial score (nSPS) is 20.0. The highest BCUT2D eigenvalue weighted by Crippen LogP contribution is 2.11. The van der Waals surface area contributed by atoms with Crippen LogP contribution in [0.5, 0.6) is 0 Å². The number of aliphatic imine (C=N–C) groups is 1. The number of nitrogens with one attached hydrogen (secondary N) is 1. The third-order valence-electron chi connectivity index (χ3n) is 5.52. The van der Waals surface area contributed by atoms with E-state index in [4.69, 9.17) is 4.74 Å². The van der Waals surface area contributed by atoms with Crippen LogP contribution in [0.4, 0.5) is 0 Å². The van der Waals surface area contributed by atoms with Crippen LogP contribution in [0.1, 0.15) is 18.4 Å². The van der Waals surface area contributed by atoms with Gasteiger partial charge in [-0.15, -0.1) is 24.0 Å². The molecule has 2 fully saturated rings. The van der Waals surface area contributed by atoms with Gasteiger partial charge >= 0.3 is 0 Å². The van der Waals surface area contributed by atoms with E-state index in [0.717, 1.165) is 64.7 Å². The molecular formula is C23H36IN5O2. The number of halogens is 1. The van der Waals surface area contributed by atoms with Crippen molar-refractivity contribution in [2.45, 2.75) is 18.9 Å². The Morgan fingerprint density at radius 2 is 1.97 bits per heavy atom. The lowest BCUT2D eigenvalue weighted by Gasteiger charge is -2.36. The number of benzene rings is 1. The molecule has 0 saturated carbocycles. The van der Waals surface area contributed by atoms with Gasteiger partial charge in [0.15, 0.2) is 5.96 Å². The quantitative estimate of drug-likeness (QED) is 0.326. The molecule has 172 valence electrons. The van der Waals surface area contributed by atoms with E-state index in [0.29, 0.717) is 0 Å². The maximum atomic E-state index is 12.0. The largest absolute Gasteiger partial charge is 0.376 e. The van der Waals surface area contributed by atoms with Gasteiger partial charge in [0.2, 0.25) is 5.91 Å². The lowest BCUT2D eigenvalue weighted by Crippen LogP contribution is -2.53. The monoisotopic (exact) mass is 541 g/mol. The van der Waals surface area contributed by atoms with Crippen LogP contribution >= 0.6 is 24.0 Å². The molecule has 2 aliphatic rings. The van der Waals surface area contributed by atoms with Crippen LogP contribution in [-0.4, -0.2) is 99.2 Å². The molecule has 8 heteroatoms. The van der Waals surface area contributed by atoms with Gasteiger partial charge in [0.25, 0.3) is 0 Å². The van der Waals surface area contributed by atoms with Gasteiger partial charge in [0.1, 0.15) is 6.54 Å². The number of rotatable bonds is 7. The Balaban J connectivity index is 0.00000341. The number of amides is 1. The van der Waals surface area contributed by atoms with Crippen molar-refractivity contribution in [2.24, 2.45) is 4.99 Å². The molecule has 1 atom stereocenters. The first-order valence-corrected chi connectivity index (χ1v) is 10.9. The lowest BCUT2D eigenvalue weighted by molar-refractivity contribution is -0.127. The first-order valence-electron chi connectivity index (χ1n) is 10.9. The van der Waals surface area contributed by atoms with Gasteiger partial charge in [-0.3, -0.25) is 9.69 Å². The summed E-state index contributed by atoms with van der Waals surface area (Å²) in [4.78, 5) is 22.9. The zero-order chi connectivity index (χ0) is 21.2. The van der Waals surface area contributed by atoms with E-state index >= 15 is 0 Å². The van der Waals surface area contributed by atoms with Crippen molar-refractivity contribution in [2.75, 3.05) is 66.5 Å². The summed E-state index contributed by atoms with van der Waals surface area (Å²) < 4.78 is 5.73. The summed E-state index contributed by atoms with van der Waals surface area (Å²) in [5.41, 5.74) is 1.23. The van der Waals surface area contributed by atoms with Crippen molar-refractivity contribution < 1.29 is 9.53 Å². The van der Waals surface area contributed by atoms with Crippen LogP contribution < -0.4 is 5.32 Å². The topological polar surface area (TPSA) is 60.4 Å². The molecule has 3 rings (SSSR count). The Kier molecular flexibility index (Phi) is 11.3. The van der Waals surface area contributed by atoms with E-state index in [1.54, 1.807) is 19.0 Å². The van der Waals surface area contributed by atoms with E-state index in [-0.39, 0.29) is 42.5 Å². The third kappa shape index (κ3) is 8.78. The number of likely N-dealkylation sites (N-methyl/N-ethyl adjacent to an activating group) is 1. The Labute approximate surface area is 203 Å². The molecule has 1 unspecified atom stereocenters. The minimum absolute atomic E-state index is 0. The second-order valence-corrected chi connectivity index (χ2v) is 8.04. The predicted octanol–water partition coefficient (Wildman–Crippen LogP) is 2.15. The molecule has 0 aliphatic carbocycles. The van der Waals surface area contributed by atoms with Crippen molar-refractivity contribution >= 4 is 41.9 Å². The molecule has 0 radical (unpaired) electrons. The molecule has 2 aliphatic heterocycles. The van der Waals surface area contributed by atoms with Gasteiger partial charge in [-0.2, -0.15) is 0 Å². The molecule has 1 aromatic carbocycles. The fraction of sp³-hybridized carbons (Fsp3) is 0.565. The van der Waals surface area contributed by atoms with Gasteiger partial charge in [0, 0.05) is 60.0 Å². The molecule has 1 N–H and O–H groups in total. The second kappa shape index (κ2) is 13.7. The average molecular weight is 541 g/mol. The summed E-state index contributed by atoms with van der Waals surface area (Å²) in [5.74, 6) is 0.830. The SMILES string of the molecule is CN(C)C(=O)CN=C(NCC1CCCO1)N1CCN(C/C=C/c2ccccc2)CC1.I. The summed E-state index contributed by atoms with van der Waals surface area (Å²) in [6.45, 7) is 6.43. The summed E-state index contributed by atoms with van der Waals surface area (Å²) >= 11 is 0. The molecule has 1 aromatic rings. The number of hydrogen-bond donors (Lipinski definition) is 1.